The summed E-state index contributed by atoms with van der Waals surface area (Å²) in [6.45, 7) is 4.52. The van der Waals surface area contributed by atoms with Crippen LogP contribution in [0.1, 0.15) is 34.7 Å². The van der Waals surface area contributed by atoms with Crippen molar-refractivity contribution in [1.29, 1.82) is 0 Å². The summed E-state index contributed by atoms with van der Waals surface area (Å²) in [5.74, 6) is 1.76. The van der Waals surface area contributed by atoms with Crippen molar-refractivity contribution in [1.82, 2.24) is 10.2 Å². The van der Waals surface area contributed by atoms with Crippen molar-refractivity contribution in [2.75, 3.05) is 13.7 Å². The Kier molecular flexibility index (Phi) is 5.96. The summed E-state index contributed by atoms with van der Waals surface area (Å²) >= 11 is 0. The molecule has 2 aromatic heterocycles. The second-order valence-electron chi connectivity index (χ2n) is 6.20. The van der Waals surface area contributed by atoms with Gasteiger partial charge < -0.3 is 23.0 Å². The van der Waals surface area contributed by atoms with E-state index in [2.05, 4.69) is 10.2 Å². The molecule has 29 heavy (non-hydrogen) atoms. The summed E-state index contributed by atoms with van der Waals surface area (Å²) in [5, 5.41) is 7.79. The predicted molar refractivity (Wildman–Crippen MR) is 99.8 cm³/mol. The average Bonchev–Trinajstić information content (AvgIpc) is 3.29. The largest absolute Gasteiger partial charge is 0.493 e. The SMILES string of the molecule is COc1cc(C(C)=O)ccc1OCC(=O)OCc1nnc(-c2cc(C)oc2C)o1. The second-order valence-corrected chi connectivity index (χ2v) is 6.20. The highest BCUT2D eigenvalue weighted by molar-refractivity contribution is 5.94. The average molecular weight is 400 g/mol. The molecule has 0 saturated carbocycles. The van der Waals surface area contributed by atoms with Crippen LogP contribution in [0.4, 0.5) is 0 Å². The van der Waals surface area contributed by atoms with E-state index in [-0.39, 0.29) is 30.8 Å². The highest BCUT2D eigenvalue weighted by atomic mass is 16.6. The molecule has 3 rings (SSSR count). The van der Waals surface area contributed by atoms with E-state index in [4.69, 9.17) is 23.0 Å². The van der Waals surface area contributed by atoms with Crippen LogP contribution in [0.5, 0.6) is 11.5 Å². The van der Waals surface area contributed by atoms with Gasteiger partial charge in [-0.05, 0) is 45.0 Å². The zero-order valence-corrected chi connectivity index (χ0v) is 16.5. The van der Waals surface area contributed by atoms with E-state index < -0.39 is 5.97 Å². The molecule has 9 heteroatoms. The van der Waals surface area contributed by atoms with Gasteiger partial charge in [0.05, 0.1) is 12.7 Å². The normalized spacial score (nSPS) is 10.6. The molecule has 9 nitrogen and oxygen atoms in total. The third kappa shape index (κ3) is 4.81. The van der Waals surface area contributed by atoms with Gasteiger partial charge in [-0.25, -0.2) is 4.79 Å². The van der Waals surface area contributed by atoms with Crippen LogP contribution in [-0.2, 0) is 16.1 Å². The Morgan fingerprint density at radius 3 is 2.52 bits per heavy atom. The number of furan rings is 1. The lowest BCUT2D eigenvalue weighted by Gasteiger charge is -2.11. The van der Waals surface area contributed by atoms with Gasteiger partial charge in [0, 0.05) is 5.56 Å². The van der Waals surface area contributed by atoms with Crippen LogP contribution in [0.3, 0.4) is 0 Å². The smallest absolute Gasteiger partial charge is 0.344 e. The van der Waals surface area contributed by atoms with E-state index >= 15 is 0 Å². The number of rotatable bonds is 8. The zero-order chi connectivity index (χ0) is 21.0. The van der Waals surface area contributed by atoms with Crippen molar-refractivity contribution < 1.29 is 32.6 Å². The number of hydrogen-bond acceptors (Lipinski definition) is 9. The zero-order valence-electron chi connectivity index (χ0n) is 16.5. The fourth-order valence-corrected chi connectivity index (χ4v) is 2.59. The van der Waals surface area contributed by atoms with Gasteiger partial charge in [0.1, 0.15) is 11.5 Å². The van der Waals surface area contributed by atoms with Crippen LogP contribution in [0, 0.1) is 13.8 Å². The van der Waals surface area contributed by atoms with Crippen LogP contribution in [0.15, 0.2) is 33.1 Å². The molecule has 0 aliphatic carbocycles. The minimum Gasteiger partial charge on any atom is -0.493 e. The van der Waals surface area contributed by atoms with Crippen LogP contribution in [0.25, 0.3) is 11.5 Å². The van der Waals surface area contributed by atoms with Gasteiger partial charge >= 0.3 is 5.97 Å². The number of aryl methyl sites for hydroxylation is 2. The van der Waals surface area contributed by atoms with Gasteiger partial charge in [0.25, 0.3) is 11.8 Å². The fourth-order valence-electron chi connectivity index (χ4n) is 2.59. The number of methoxy groups -OCH3 is 1. The number of nitrogens with zero attached hydrogens (tertiary/aromatic N) is 2. The molecule has 0 aliphatic rings. The number of Topliss-reactive ketones (excluding diaryl/α,β-unsaturated/α-hetero) is 1. The van der Waals surface area contributed by atoms with Crippen molar-refractivity contribution in [2.24, 2.45) is 0 Å². The lowest BCUT2D eigenvalue weighted by atomic mass is 10.1. The van der Waals surface area contributed by atoms with Crippen molar-refractivity contribution in [3.05, 3.63) is 47.2 Å². The van der Waals surface area contributed by atoms with Crippen molar-refractivity contribution >= 4 is 11.8 Å². The molecule has 0 saturated heterocycles. The molecule has 3 aromatic rings. The summed E-state index contributed by atoms with van der Waals surface area (Å²) in [6.07, 6.45) is 0. The van der Waals surface area contributed by atoms with E-state index in [1.54, 1.807) is 31.2 Å². The van der Waals surface area contributed by atoms with E-state index in [1.165, 1.54) is 14.0 Å². The molecule has 0 fully saturated rings. The summed E-state index contributed by atoms with van der Waals surface area (Å²) < 4.78 is 26.6. The Morgan fingerprint density at radius 1 is 1.07 bits per heavy atom. The number of ketones is 1. The van der Waals surface area contributed by atoms with Crippen molar-refractivity contribution in [3.63, 3.8) is 0 Å². The number of aromatic nitrogens is 2. The number of benzene rings is 1. The number of ether oxygens (including phenoxy) is 3. The Bertz CT molecular complexity index is 1040. The quantitative estimate of drug-likeness (QED) is 0.415. The van der Waals surface area contributed by atoms with E-state index in [0.717, 1.165) is 5.76 Å². The Labute approximate surface area is 166 Å². The lowest BCUT2D eigenvalue weighted by molar-refractivity contribution is -0.148. The maximum absolute atomic E-state index is 12.0. The van der Waals surface area contributed by atoms with Crippen molar-refractivity contribution in [2.45, 2.75) is 27.4 Å². The van der Waals surface area contributed by atoms with Gasteiger partial charge in [-0.15, -0.1) is 10.2 Å². The monoisotopic (exact) mass is 400 g/mol. The van der Waals surface area contributed by atoms with Crippen LogP contribution in [-0.4, -0.2) is 35.7 Å². The third-order valence-corrected chi connectivity index (χ3v) is 4.01. The molecule has 0 atom stereocenters. The maximum Gasteiger partial charge on any atom is 0.344 e. The molecule has 152 valence electrons. The number of hydrogen-bond donors (Lipinski definition) is 0. The first kappa shape index (κ1) is 20.1. The first-order valence-corrected chi connectivity index (χ1v) is 8.74. The Balaban J connectivity index is 1.54. The van der Waals surface area contributed by atoms with E-state index in [1.807, 2.05) is 6.92 Å². The molecule has 0 radical (unpaired) electrons. The molecule has 0 unspecified atom stereocenters. The molecule has 1 aromatic carbocycles. The highest BCUT2D eigenvalue weighted by Crippen LogP contribution is 2.28. The summed E-state index contributed by atoms with van der Waals surface area (Å²) in [6, 6.07) is 6.48. The minimum atomic E-state index is -0.627. The highest BCUT2D eigenvalue weighted by Gasteiger charge is 2.16. The minimum absolute atomic E-state index is 0.103. The second kappa shape index (κ2) is 8.59. The number of esters is 1. The van der Waals surface area contributed by atoms with Gasteiger partial charge in [-0.1, -0.05) is 0 Å². The van der Waals surface area contributed by atoms with Gasteiger partial charge in [0.15, 0.2) is 30.5 Å². The maximum atomic E-state index is 12.0. The number of carbonyl (C=O) groups excluding carboxylic acids is 2. The molecule has 0 amide bonds. The van der Waals surface area contributed by atoms with Crippen LogP contribution < -0.4 is 9.47 Å². The Morgan fingerprint density at radius 2 is 1.86 bits per heavy atom. The lowest BCUT2D eigenvalue weighted by Crippen LogP contribution is -2.15. The van der Waals surface area contributed by atoms with Gasteiger partial charge in [-0.3, -0.25) is 4.79 Å². The van der Waals surface area contributed by atoms with E-state index in [0.29, 0.717) is 28.4 Å². The van der Waals surface area contributed by atoms with Crippen LogP contribution in [0.2, 0.25) is 0 Å². The predicted octanol–water partition coefficient (Wildman–Crippen LogP) is 3.28. The Hall–Kier alpha value is -3.62. The summed E-state index contributed by atoms with van der Waals surface area (Å²) in [5.41, 5.74) is 1.17. The molecule has 0 N–H and O–H groups in total. The summed E-state index contributed by atoms with van der Waals surface area (Å²) in [7, 11) is 1.45. The summed E-state index contributed by atoms with van der Waals surface area (Å²) in [4.78, 5) is 23.4. The molecular weight excluding hydrogens is 380 g/mol. The van der Waals surface area contributed by atoms with Crippen molar-refractivity contribution in [3.8, 4) is 23.0 Å². The molecular formula is C20H20N2O7. The first-order valence-electron chi connectivity index (χ1n) is 8.74. The standard InChI is InChI=1S/C20H20N2O7/c1-11-7-15(13(3)28-11)20-22-21-18(29-20)9-27-19(24)10-26-16-6-5-14(12(2)23)8-17(16)25-4/h5-8H,9-10H2,1-4H3. The fraction of sp³-hybridized carbons (Fsp3) is 0.300. The molecule has 0 bridgehead atoms. The number of carbonyl (C=O) groups is 2. The molecule has 2 heterocycles. The third-order valence-electron chi connectivity index (χ3n) is 4.01. The van der Waals surface area contributed by atoms with Gasteiger partial charge in [-0.2, -0.15) is 0 Å². The topological polar surface area (TPSA) is 114 Å². The first-order chi connectivity index (χ1) is 13.9. The molecule has 0 spiro atoms. The van der Waals surface area contributed by atoms with Gasteiger partial charge in [0.2, 0.25) is 0 Å². The van der Waals surface area contributed by atoms with Crippen LogP contribution >= 0.6 is 0 Å². The molecule has 0 aliphatic heterocycles. The van der Waals surface area contributed by atoms with E-state index in [9.17, 15) is 9.59 Å².